The highest BCUT2D eigenvalue weighted by atomic mass is 19.4. The summed E-state index contributed by atoms with van der Waals surface area (Å²) in [7, 11) is 0. The van der Waals surface area contributed by atoms with E-state index in [4.69, 9.17) is 4.74 Å². The van der Waals surface area contributed by atoms with E-state index in [1.165, 1.54) is 19.1 Å². The van der Waals surface area contributed by atoms with Crippen molar-refractivity contribution < 1.29 is 36.2 Å². The Hall–Kier alpha value is -2.53. The monoisotopic (exact) mass is 471 g/mol. The van der Waals surface area contributed by atoms with Crippen molar-refractivity contribution in [1.29, 1.82) is 0 Å². The molecule has 11 heteroatoms. The number of carbonyl (C=O) groups excluding carboxylic acids is 1. The zero-order chi connectivity index (χ0) is 23.6. The Labute approximate surface area is 186 Å². The van der Waals surface area contributed by atoms with Crippen molar-refractivity contribution in [2.24, 2.45) is 0 Å². The van der Waals surface area contributed by atoms with Gasteiger partial charge in [-0.3, -0.25) is 9.53 Å². The molecular formula is C22H22F5N3O3. The van der Waals surface area contributed by atoms with Gasteiger partial charge >= 0.3 is 6.36 Å². The Morgan fingerprint density at radius 2 is 1.88 bits per heavy atom. The standard InChI is InChI=1S/C22H22F5N3O3/c1-12-2-3-15(19(24)18(12)23)16-6-30(11-28-16)21-8-20(9-21,10-21)29-17(31)7-32-13-4-14(5-13)33-22(25,26)27/h2-3,6,11,13-14H,4-5,7-10H2,1H3,(H,29,31). The second-order valence-corrected chi connectivity index (χ2v) is 9.40. The van der Waals surface area contributed by atoms with Gasteiger partial charge in [0.05, 0.1) is 29.8 Å². The van der Waals surface area contributed by atoms with Gasteiger partial charge < -0.3 is 14.6 Å². The summed E-state index contributed by atoms with van der Waals surface area (Å²) in [5, 5.41) is 2.95. The molecule has 4 saturated carbocycles. The van der Waals surface area contributed by atoms with E-state index in [0.717, 1.165) is 0 Å². The number of ether oxygens (including phenoxy) is 2. The number of hydrogen-bond acceptors (Lipinski definition) is 4. The van der Waals surface area contributed by atoms with Crippen LogP contribution in [0.3, 0.4) is 0 Å². The van der Waals surface area contributed by atoms with E-state index in [0.29, 0.717) is 25.0 Å². The molecule has 4 aliphatic carbocycles. The summed E-state index contributed by atoms with van der Waals surface area (Å²) in [4.78, 5) is 16.4. The number of alkyl halides is 3. The number of hydrogen-bond donors (Lipinski definition) is 1. The fraction of sp³-hybridized carbons (Fsp3) is 0.545. The fourth-order valence-corrected chi connectivity index (χ4v) is 5.17. The molecule has 1 aromatic carbocycles. The molecule has 178 valence electrons. The number of nitrogens with zero attached hydrogens (tertiary/aromatic N) is 2. The molecule has 0 unspecified atom stereocenters. The van der Waals surface area contributed by atoms with Crippen LogP contribution in [0, 0.1) is 18.6 Å². The van der Waals surface area contributed by atoms with E-state index in [9.17, 15) is 26.7 Å². The minimum Gasteiger partial charge on any atom is -0.368 e. The lowest BCUT2D eigenvalue weighted by Gasteiger charge is -2.70. The van der Waals surface area contributed by atoms with E-state index in [-0.39, 0.29) is 47.6 Å². The smallest absolute Gasteiger partial charge is 0.368 e. The second kappa shape index (κ2) is 7.49. The highest BCUT2D eigenvalue weighted by Gasteiger charge is 2.69. The quantitative estimate of drug-likeness (QED) is 0.621. The number of aromatic nitrogens is 2. The van der Waals surface area contributed by atoms with Gasteiger partial charge in [-0.1, -0.05) is 6.07 Å². The predicted molar refractivity (Wildman–Crippen MR) is 105 cm³/mol. The number of aryl methyl sites for hydroxylation is 1. The van der Waals surface area contributed by atoms with Crippen LogP contribution in [0.4, 0.5) is 22.0 Å². The number of amides is 1. The Morgan fingerprint density at radius 3 is 2.55 bits per heavy atom. The maximum absolute atomic E-state index is 14.3. The van der Waals surface area contributed by atoms with Crippen LogP contribution in [0.5, 0.6) is 0 Å². The van der Waals surface area contributed by atoms with E-state index < -0.39 is 30.2 Å². The molecule has 0 radical (unpaired) electrons. The SMILES string of the molecule is Cc1ccc(-c2cn(C34CC(NC(=O)COC5CC(OC(F)(F)F)C5)(C3)C4)cn2)c(F)c1F. The van der Waals surface area contributed by atoms with Crippen molar-refractivity contribution in [2.45, 2.75) is 68.7 Å². The van der Waals surface area contributed by atoms with Crippen molar-refractivity contribution in [3.8, 4) is 11.3 Å². The lowest BCUT2D eigenvalue weighted by atomic mass is 9.44. The summed E-state index contributed by atoms with van der Waals surface area (Å²) in [5.74, 6) is -2.13. The molecule has 6 rings (SSSR count). The molecule has 2 aromatic rings. The predicted octanol–water partition coefficient (Wildman–Crippen LogP) is 3.97. The number of imidazole rings is 1. The molecule has 0 saturated heterocycles. The molecule has 33 heavy (non-hydrogen) atoms. The first-order chi connectivity index (χ1) is 15.5. The van der Waals surface area contributed by atoms with Gasteiger partial charge in [0, 0.05) is 30.1 Å². The van der Waals surface area contributed by atoms with E-state index in [2.05, 4.69) is 15.0 Å². The summed E-state index contributed by atoms with van der Waals surface area (Å²) < 4.78 is 75.7. The van der Waals surface area contributed by atoms with Crippen LogP contribution in [0.1, 0.15) is 37.7 Å². The molecule has 1 heterocycles. The summed E-state index contributed by atoms with van der Waals surface area (Å²) in [5.41, 5.74) is 0.116. The molecule has 1 amide bonds. The molecule has 0 atom stereocenters. The molecule has 2 bridgehead atoms. The summed E-state index contributed by atoms with van der Waals surface area (Å²) in [6, 6.07) is 3.01. The second-order valence-electron chi connectivity index (χ2n) is 9.40. The number of benzene rings is 1. The van der Waals surface area contributed by atoms with E-state index in [1.807, 2.05) is 4.57 Å². The largest absolute Gasteiger partial charge is 0.522 e. The zero-order valence-electron chi connectivity index (χ0n) is 17.7. The Balaban J connectivity index is 1.10. The van der Waals surface area contributed by atoms with Crippen LogP contribution in [0.25, 0.3) is 11.3 Å². The summed E-state index contributed by atoms with van der Waals surface area (Å²) >= 11 is 0. The van der Waals surface area contributed by atoms with Gasteiger partial charge in [-0.2, -0.15) is 0 Å². The lowest BCUT2D eigenvalue weighted by Crippen LogP contribution is -2.78. The van der Waals surface area contributed by atoms with Gasteiger partial charge in [0.2, 0.25) is 5.91 Å². The van der Waals surface area contributed by atoms with Gasteiger partial charge in [-0.25, -0.2) is 13.8 Å². The molecule has 0 spiro atoms. The van der Waals surface area contributed by atoms with Crippen LogP contribution in [-0.4, -0.2) is 46.2 Å². The minimum atomic E-state index is -4.66. The first kappa shape index (κ1) is 22.3. The highest BCUT2D eigenvalue weighted by Crippen LogP contribution is 2.65. The first-order valence-electron chi connectivity index (χ1n) is 10.6. The number of nitrogens with one attached hydrogen (secondary N) is 1. The minimum absolute atomic E-state index is 0.0995. The first-order valence-corrected chi connectivity index (χ1v) is 10.6. The van der Waals surface area contributed by atoms with E-state index in [1.54, 1.807) is 12.5 Å². The number of halogens is 5. The molecule has 4 fully saturated rings. The van der Waals surface area contributed by atoms with Gasteiger partial charge in [0.25, 0.3) is 0 Å². The van der Waals surface area contributed by atoms with Gasteiger partial charge in [0.15, 0.2) is 11.6 Å². The number of rotatable bonds is 7. The van der Waals surface area contributed by atoms with Crippen LogP contribution in [0.2, 0.25) is 0 Å². The average molecular weight is 471 g/mol. The maximum atomic E-state index is 14.3. The van der Waals surface area contributed by atoms with Crippen molar-refractivity contribution >= 4 is 5.91 Å². The molecular weight excluding hydrogens is 449 g/mol. The van der Waals surface area contributed by atoms with Gasteiger partial charge in [-0.15, -0.1) is 13.2 Å². The molecule has 1 aromatic heterocycles. The van der Waals surface area contributed by atoms with Crippen LogP contribution in [-0.2, 0) is 19.8 Å². The van der Waals surface area contributed by atoms with Crippen molar-refractivity contribution in [3.63, 3.8) is 0 Å². The zero-order valence-corrected chi connectivity index (χ0v) is 17.7. The molecule has 0 aliphatic heterocycles. The fourth-order valence-electron chi connectivity index (χ4n) is 5.17. The van der Waals surface area contributed by atoms with Crippen LogP contribution >= 0.6 is 0 Å². The van der Waals surface area contributed by atoms with Crippen LogP contribution in [0.15, 0.2) is 24.7 Å². The maximum Gasteiger partial charge on any atom is 0.522 e. The third-order valence-corrected chi connectivity index (χ3v) is 6.89. The third-order valence-electron chi connectivity index (χ3n) is 6.89. The van der Waals surface area contributed by atoms with Crippen molar-refractivity contribution in [1.82, 2.24) is 14.9 Å². The Kier molecular flexibility index (Phi) is 5.06. The van der Waals surface area contributed by atoms with Gasteiger partial charge in [0.1, 0.15) is 6.61 Å². The molecule has 6 nitrogen and oxygen atoms in total. The third kappa shape index (κ3) is 4.01. The Bertz CT molecular complexity index is 1070. The summed E-state index contributed by atoms with van der Waals surface area (Å²) in [6.07, 6.45) is -0.461. The number of carbonyl (C=O) groups is 1. The van der Waals surface area contributed by atoms with Crippen molar-refractivity contribution in [3.05, 3.63) is 41.9 Å². The normalized spacial score (nSPS) is 30.2. The Morgan fingerprint density at radius 1 is 1.18 bits per heavy atom. The van der Waals surface area contributed by atoms with E-state index >= 15 is 0 Å². The van der Waals surface area contributed by atoms with Gasteiger partial charge in [-0.05, 0) is 37.8 Å². The lowest BCUT2D eigenvalue weighted by molar-refractivity contribution is -0.357. The molecule has 4 aliphatic rings. The summed E-state index contributed by atoms with van der Waals surface area (Å²) in [6.45, 7) is 1.28. The topological polar surface area (TPSA) is 65.4 Å². The average Bonchev–Trinajstić information content (AvgIpc) is 3.12. The van der Waals surface area contributed by atoms with Crippen molar-refractivity contribution in [2.75, 3.05) is 6.61 Å². The van der Waals surface area contributed by atoms with Crippen LogP contribution < -0.4 is 5.32 Å². The highest BCUT2D eigenvalue weighted by molar-refractivity contribution is 5.79. The molecule has 1 N–H and O–H groups in total.